The van der Waals surface area contributed by atoms with Crippen molar-refractivity contribution < 1.29 is 4.74 Å². The first-order valence-corrected chi connectivity index (χ1v) is 6.77. The van der Waals surface area contributed by atoms with Gasteiger partial charge in [-0.1, -0.05) is 11.6 Å². The van der Waals surface area contributed by atoms with Gasteiger partial charge in [-0.3, -0.25) is 0 Å². The third kappa shape index (κ3) is 3.09. The van der Waals surface area contributed by atoms with E-state index in [0.717, 1.165) is 18.8 Å². The summed E-state index contributed by atoms with van der Waals surface area (Å²) in [6.45, 7) is 2.00. The van der Waals surface area contributed by atoms with Crippen molar-refractivity contribution in [3.8, 4) is 5.75 Å². The van der Waals surface area contributed by atoms with Gasteiger partial charge in [0, 0.05) is 6.54 Å². The molecule has 0 radical (unpaired) electrons. The van der Waals surface area contributed by atoms with E-state index in [1.54, 1.807) is 24.0 Å². The smallest absolute Gasteiger partial charge is 0.134 e. The van der Waals surface area contributed by atoms with Gasteiger partial charge in [0.2, 0.25) is 0 Å². The van der Waals surface area contributed by atoms with Crippen molar-refractivity contribution in [1.29, 1.82) is 0 Å². The van der Waals surface area contributed by atoms with Gasteiger partial charge >= 0.3 is 0 Å². The Hall–Kier alpha value is -0.800. The highest BCUT2D eigenvalue weighted by molar-refractivity contribution is 7.10. The fraction of sp³-hybridized carbons (Fsp3) is 0.538. The summed E-state index contributed by atoms with van der Waals surface area (Å²) in [6.07, 6.45) is 7.55. The lowest BCUT2D eigenvalue weighted by atomic mass is 10.2. The lowest BCUT2D eigenvalue weighted by molar-refractivity contribution is 0.410. The Labute approximate surface area is 101 Å². The predicted octanol–water partition coefficient (Wildman–Crippen LogP) is 3.35. The molecule has 0 atom stereocenters. The van der Waals surface area contributed by atoms with E-state index in [2.05, 4.69) is 16.8 Å². The molecule has 0 saturated carbocycles. The minimum absolute atomic E-state index is 0.925. The molecule has 0 saturated heterocycles. The molecular weight excluding hydrogens is 218 g/mol. The Balaban J connectivity index is 1.67. The van der Waals surface area contributed by atoms with Gasteiger partial charge in [0.15, 0.2) is 0 Å². The quantitative estimate of drug-likeness (QED) is 0.605. The standard InChI is InChI=1S/C13H19NOS/c1-15-12-7-9-16-13(12)10-14-8-6-11-4-2-3-5-11/h4,7,9,14H,2-3,5-6,8,10H2,1H3. The fourth-order valence-corrected chi connectivity index (χ4v) is 2.86. The zero-order valence-corrected chi connectivity index (χ0v) is 10.6. The Morgan fingerprint density at radius 3 is 3.19 bits per heavy atom. The normalized spacial score (nSPS) is 15.2. The fourth-order valence-electron chi connectivity index (χ4n) is 2.05. The molecule has 2 nitrogen and oxygen atoms in total. The average molecular weight is 237 g/mol. The van der Waals surface area contributed by atoms with E-state index in [-0.39, 0.29) is 0 Å². The molecule has 2 rings (SSSR count). The van der Waals surface area contributed by atoms with Crippen LogP contribution in [0.15, 0.2) is 23.1 Å². The highest BCUT2D eigenvalue weighted by Gasteiger charge is 2.05. The number of hydrogen-bond donors (Lipinski definition) is 1. The summed E-state index contributed by atoms with van der Waals surface area (Å²) >= 11 is 1.75. The molecule has 0 aromatic carbocycles. The van der Waals surface area contributed by atoms with Gasteiger partial charge in [-0.25, -0.2) is 0 Å². The monoisotopic (exact) mass is 237 g/mol. The number of allylic oxidation sites excluding steroid dienone is 1. The van der Waals surface area contributed by atoms with Crippen molar-refractivity contribution >= 4 is 11.3 Å². The Bertz CT molecular complexity index is 357. The molecule has 0 unspecified atom stereocenters. The van der Waals surface area contributed by atoms with Crippen LogP contribution < -0.4 is 10.1 Å². The van der Waals surface area contributed by atoms with Crippen LogP contribution in [0.25, 0.3) is 0 Å². The molecule has 0 spiro atoms. The maximum absolute atomic E-state index is 5.27. The third-order valence-electron chi connectivity index (χ3n) is 2.97. The molecule has 1 aromatic rings. The van der Waals surface area contributed by atoms with Crippen LogP contribution in [0.2, 0.25) is 0 Å². The van der Waals surface area contributed by atoms with Crippen LogP contribution in [0.3, 0.4) is 0 Å². The molecule has 16 heavy (non-hydrogen) atoms. The van der Waals surface area contributed by atoms with Gasteiger partial charge in [-0.15, -0.1) is 11.3 Å². The molecule has 0 bridgehead atoms. The number of ether oxygens (including phenoxy) is 1. The average Bonchev–Trinajstić information content (AvgIpc) is 2.95. The maximum atomic E-state index is 5.27. The first-order valence-electron chi connectivity index (χ1n) is 5.89. The number of thiophene rings is 1. The van der Waals surface area contributed by atoms with Crippen molar-refractivity contribution in [3.05, 3.63) is 28.0 Å². The van der Waals surface area contributed by atoms with Crippen molar-refractivity contribution in [2.45, 2.75) is 32.2 Å². The number of nitrogens with one attached hydrogen (secondary N) is 1. The van der Waals surface area contributed by atoms with Gasteiger partial charge in [-0.05, 0) is 43.7 Å². The summed E-state index contributed by atoms with van der Waals surface area (Å²) in [6, 6.07) is 2.03. The molecule has 1 aromatic heterocycles. The zero-order valence-electron chi connectivity index (χ0n) is 9.79. The summed E-state index contributed by atoms with van der Waals surface area (Å²) in [7, 11) is 1.73. The van der Waals surface area contributed by atoms with Crippen LogP contribution in [-0.4, -0.2) is 13.7 Å². The van der Waals surface area contributed by atoms with Crippen LogP contribution in [0.5, 0.6) is 5.75 Å². The van der Waals surface area contributed by atoms with Gasteiger partial charge in [0.1, 0.15) is 5.75 Å². The largest absolute Gasteiger partial charge is 0.496 e. The van der Waals surface area contributed by atoms with Crippen LogP contribution in [0, 0.1) is 0 Å². The summed E-state index contributed by atoms with van der Waals surface area (Å²) in [5.74, 6) is 1.01. The molecule has 1 aliphatic carbocycles. The van der Waals surface area contributed by atoms with Crippen molar-refractivity contribution in [2.75, 3.05) is 13.7 Å². The topological polar surface area (TPSA) is 21.3 Å². The Kier molecular flexibility index (Phi) is 4.43. The summed E-state index contributed by atoms with van der Waals surface area (Å²) in [5, 5.41) is 5.56. The van der Waals surface area contributed by atoms with Crippen molar-refractivity contribution in [3.63, 3.8) is 0 Å². The molecule has 0 fully saturated rings. The van der Waals surface area contributed by atoms with E-state index in [4.69, 9.17) is 4.74 Å². The summed E-state index contributed by atoms with van der Waals surface area (Å²) < 4.78 is 5.27. The Morgan fingerprint density at radius 1 is 1.50 bits per heavy atom. The van der Waals surface area contributed by atoms with E-state index in [1.165, 1.54) is 30.6 Å². The molecule has 1 aliphatic rings. The second kappa shape index (κ2) is 6.06. The van der Waals surface area contributed by atoms with Gasteiger partial charge < -0.3 is 10.1 Å². The lowest BCUT2D eigenvalue weighted by Gasteiger charge is -2.05. The highest BCUT2D eigenvalue weighted by Crippen LogP contribution is 2.24. The van der Waals surface area contributed by atoms with Gasteiger partial charge in [0.25, 0.3) is 0 Å². The summed E-state index contributed by atoms with van der Waals surface area (Å²) in [5.41, 5.74) is 1.63. The minimum Gasteiger partial charge on any atom is -0.496 e. The molecule has 1 heterocycles. The first-order chi connectivity index (χ1) is 7.90. The molecule has 0 amide bonds. The second-order valence-corrected chi connectivity index (χ2v) is 5.09. The van der Waals surface area contributed by atoms with Crippen LogP contribution in [0.1, 0.15) is 30.6 Å². The predicted molar refractivity (Wildman–Crippen MR) is 69.1 cm³/mol. The third-order valence-corrected chi connectivity index (χ3v) is 3.87. The van der Waals surface area contributed by atoms with Crippen LogP contribution in [0.4, 0.5) is 0 Å². The number of hydrogen-bond acceptors (Lipinski definition) is 3. The summed E-state index contributed by atoms with van der Waals surface area (Å²) in [4.78, 5) is 1.29. The molecular formula is C13H19NOS. The number of methoxy groups -OCH3 is 1. The zero-order chi connectivity index (χ0) is 11.2. The lowest BCUT2D eigenvalue weighted by Crippen LogP contribution is -2.14. The van der Waals surface area contributed by atoms with E-state index in [1.807, 2.05) is 6.07 Å². The maximum Gasteiger partial charge on any atom is 0.134 e. The van der Waals surface area contributed by atoms with Gasteiger partial charge in [-0.2, -0.15) is 0 Å². The van der Waals surface area contributed by atoms with Crippen molar-refractivity contribution in [1.82, 2.24) is 5.32 Å². The van der Waals surface area contributed by atoms with Crippen LogP contribution >= 0.6 is 11.3 Å². The minimum atomic E-state index is 0.925. The molecule has 0 aliphatic heterocycles. The van der Waals surface area contributed by atoms with E-state index < -0.39 is 0 Å². The number of rotatable bonds is 6. The first kappa shape index (κ1) is 11.7. The highest BCUT2D eigenvalue weighted by atomic mass is 32.1. The Morgan fingerprint density at radius 2 is 2.44 bits per heavy atom. The molecule has 1 N–H and O–H groups in total. The van der Waals surface area contributed by atoms with Crippen molar-refractivity contribution in [2.24, 2.45) is 0 Å². The second-order valence-electron chi connectivity index (χ2n) is 4.09. The molecule has 88 valence electrons. The van der Waals surface area contributed by atoms with Gasteiger partial charge in [0.05, 0.1) is 12.0 Å². The van der Waals surface area contributed by atoms with E-state index in [9.17, 15) is 0 Å². The molecule has 3 heteroatoms. The van der Waals surface area contributed by atoms with Crippen LogP contribution in [-0.2, 0) is 6.54 Å². The van der Waals surface area contributed by atoms with E-state index >= 15 is 0 Å². The SMILES string of the molecule is COc1ccsc1CNCCC1=CCCC1. The van der Waals surface area contributed by atoms with E-state index in [0.29, 0.717) is 0 Å².